The van der Waals surface area contributed by atoms with Crippen LogP contribution < -0.4 is 14.4 Å². The molecule has 0 aliphatic carbocycles. The van der Waals surface area contributed by atoms with Gasteiger partial charge in [-0.05, 0) is 101 Å². The second-order valence-corrected chi connectivity index (χ2v) is 13.3. The quantitative estimate of drug-likeness (QED) is 0.272. The second-order valence-electron chi connectivity index (χ2n) is 11.0. The first kappa shape index (κ1) is 32.9. The van der Waals surface area contributed by atoms with Crippen LogP contribution in [0.2, 0.25) is 5.02 Å². The molecule has 0 bridgehead atoms. The van der Waals surface area contributed by atoms with Crippen LogP contribution in [0.1, 0.15) is 52.2 Å². The number of carbonyl (C=O) groups is 2. The van der Waals surface area contributed by atoms with Crippen molar-refractivity contribution in [3.63, 3.8) is 0 Å². The van der Waals surface area contributed by atoms with E-state index in [9.17, 15) is 18.0 Å². The minimum Gasteiger partial charge on any atom is -0.494 e. The predicted molar refractivity (Wildman–Crippen MR) is 167 cm³/mol. The van der Waals surface area contributed by atoms with Crippen molar-refractivity contribution >= 4 is 39.1 Å². The fourth-order valence-electron chi connectivity index (χ4n) is 4.48. The molecule has 10 heteroatoms. The van der Waals surface area contributed by atoms with Gasteiger partial charge >= 0.3 is 0 Å². The molecule has 1 atom stereocenters. The molecule has 2 amide bonds. The van der Waals surface area contributed by atoms with Gasteiger partial charge in [-0.25, -0.2) is 8.42 Å². The van der Waals surface area contributed by atoms with Gasteiger partial charge in [-0.3, -0.25) is 13.9 Å². The molecule has 0 spiro atoms. The number of aryl methyl sites for hydroxylation is 1. The third-order valence-corrected chi connectivity index (χ3v) is 8.64. The summed E-state index contributed by atoms with van der Waals surface area (Å²) >= 11 is 6.03. The number of hydrogen-bond donors (Lipinski definition) is 1. The molecule has 3 aromatic carbocycles. The zero-order valence-electron chi connectivity index (χ0n) is 25.1. The molecular formula is C32H40ClN3O5S. The molecule has 0 heterocycles. The average Bonchev–Trinajstić information content (AvgIpc) is 2.92. The summed E-state index contributed by atoms with van der Waals surface area (Å²) in [6.45, 7) is 11.3. The summed E-state index contributed by atoms with van der Waals surface area (Å²) in [5.74, 6) is -0.247. The van der Waals surface area contributed by atoms with Gasteiger partial charge in [-0.1, -0.05) is 42.8 Å². The van der Waals surface area contributed by atoms with E-state index in [2.05, 4.69) is 5.32 Å². The van der Waals surface area contributed by atoms with Gasteiger partial charge in [0.25, 0.3) is 10.0 Å². The average molecular weight is 614 g/mol. The van der Waals surface area contributed by atoms with Gasteiger partial charge < -0.3 is 15.0 Å². The number of nitrogens with one attached hydrogen (secondary N) is 1. The molecule has 0 aliphatic rings. The number of anilines is 1. The normalized spacial score (nSPS) is 12.4. The highest BCUT2D eigenvalue weighted by molar-refractivity contribution is 7.92. The van der Waals surface area contributed by atoms with Gasteiger partial charge in [0.1, 0.15) is 18.3 Å². The van der Waals surface area contributed by atoms with Crippen LogP contribution in [0, 0.1) is 6.92 Å². The summed E-state index contributed by atoms with van der Waals surface area (Å²) in [4.78, 5) is 29.1. The van der Waals surface area contributed by atoms with E-state index in [0.717, 1.165) is 15.4 Å². The van der Waals surface area contributed by atoms with Gasteiger partial charge in [0, 0.05) is 17.1 Å². The Hall–Kier alpha value is -3.56. The zero-order valence-corrected chi connectivity index (χ0v) is 26.6. The molecule has 3 rings (SSSR count). The minimum absolute atomic E-state index is 0.0171. The molecule has 0 aliphatic heterocycles. The SMILES string of the molecule is CCOc1ccc(N(CC(=O)N(Cc2ccccc2C)[C@@H](CC)C(=O)NC(C)(C)C)S(=O)(=O)c2ccc(Cl)cc2)cc1. The lowest BCUT2D eigenvalue weighted by atomic mass is 10.0. The molecule has 42 heavy (non-hydrogen) atoms. The highest BCUT2D eigenvalue weighted by Crippen LogP contribution is 2.28. The lowest BCUT2D eigenvalue weighted by molar-refractivity contribution is -0.141. The first-order chi connectivity index (χ1) is 19.8. The molecular weight excluding hydrogens is 574 g/mol. The van der Waals surface area contributed by atoms with Gasteiger partial charge in [0.05, 0.1) is 17.2 Å². The molecule has 0 aromatic heterocycles. The molecule has 1 N–H and O–H groups in total. The summed E-state index contributed by atoms with van der Waals surface area (Å²) in [6.07, 6.45) is 0.340. The van der Waals surface area contributed by atoms with Crippen molar-refractivity contribution in [2.75, 3.05) is 17.5 Å². The van der Waals surface area contributed by atoms with Crippen molar-refractivity contribution in [1.29, 1.82) is 0 Å². The maximum absolute atomic E-state index is 14.2. The topological polar surface area (TPSA) is 96.0 Å². The molecule has 0 fully saturated rings. The highest BCUT2D eigenvalue weighted by atomic mass is 35.5. The second kappa shape index (κ2) is 14.1. The standard InChI is InChI=1S/C32H40ClN3O5S/c1-7-29(31(38)34-32(4,5)6)35(21-24-12-10-9-11-23(24)3)30(37)22-36(26-15-17-27(18-16-26)41-8-2)42(39,40)28-19-13-25(33)14-20-28/h9-20,29H,7-8,21-22H2,1-6H3,(H,34,38)/t29-/m0/s1. The lowest BCUT2D eigenvalue weighted by Gasteiger charge is -2.35. The monoisotopic (exact) mass is 613 g/mol. The Bertz CT molecular complexity index is 1470. The first-order valence-electron chi connectivity index (χ1n) is 13.9. The lowest BCUT2D eigenvalue weighted by Crippen LogP contribution is -2.55. The fraction of sp³-hybridized carbons (Fsp3) is 0.375. The maximum atomic E-state index is 14.2. The molecule has 0 unspecified atom stereocenters. The Morgan fingerprint density at radius 3 is 2.12 bits per heavy atom. The van der Waals surface area contributed by atoms with Crippen LogP contribution in [0.3, 0.4) is 0 Å². The predicted octanol–water partition coefficient (Wildman–Crippen LogP) is 5.96. The van der Waals surface area contributed by atoms with Crippen LogP contribution in [0.15, 0.2) is 77.7 Å². The van der Waals surface area contributed by atoms with Crippen LogP contribution in [0.4, 0.5) is 5.69 Å². The van der Waals surface area contributed by atoms with Crippen molar-refractivity contribution in [3.8, 4) is 5.75 Å². The van der Waals surface area contributed by atoms with Crippen LogP contribution in [-0.2, 0) is 26.2 Å². The molecule has 0 saturated carbocycles. The Balaban J connectivity index is 2.08. The van der Waals surface area contributed by atoms with Crippen molar-refractivity contribution in [2.45, 2.75) is 71.0 Å². The number of sulfonamides is 1. The molecule has 3 aromatic rings. The summed E-state index contributed by atoms with van der Waals surface area (Å²) in [6, 6.07) is 19.1. The van der Waals surface area contributed by atoms with E-state index in [-0.39, 0.29) is 23.0 Å². The van der Waals surface area contributed by atoms with E-state index in [0.29, 0.717) is 23.8 Å². The third-order valence-electron chi connectivity index (χ3n) is 6.60. The first-order valence-corrected chi connectivity index (χ1v) is 15.8. The molecule has 0 radical (unpaired) electrons. The Morgan fingerprint density at radius 1 is 0.952 bits per heavy atom. The van der Waals surface area contributed by atoms with Crippen LogP contribution in [-0.4, -0.2) is 49.9 Å². The number of benzene rings is 3. The van der Waals surface area contributed by atoms with Crippen LogP contribution >= 0.6 is 11.6 Å². The number of amides is 2. The highest BCUT2D eigenvalue weighted by Gasteiger charge is 2.34. The smallest absolute Gasteiger partial charge is 0.264 e. The van der Waals surface area contributed by atoms with Crippen molar-refractivity contribution < 1.29 is 22.7 Å². The van der Waals surface area contributed by atoms with E-state index in [1.807, 2.05) is 65.8 Å². The van der Waals surface area contributed by atoms with Gasteiger partial charge in [0.2, 0.25) is 11.8 Å². The third kappa shape index (κ3) is 8.49. The number of halogens is 1. The Kier molecular flexibility index (Phi) is 11.0. The molecule has 0 saturated heterocycles. The maximum Gasteiger partial charge on any atom is 0.264 e. The zero-order chi connectivity index (χ0) is 31.1. The van der Waals surface area contributed by atoms with E-state index in [1.165, 1.54) is 29.2 Å². The van der Waals surface area contributed by atoms with Crippen molar-refractivity contribution in [3.05, 3.63) is 88.9 Å². The van der Waals surface area contributed by atoms with Gasteiger partial charge in [-0.15, -0.1) is 0 Å². The van der Waals surface area contributed by atoms with Crippen LogP contribution in [0.5, 0.6) is 5.75 Å². The number of carbonyl (C=O) groups excluding carboxylic acids is 2. The van der Waals surface area contributed by atoms with Gasteiger partial charge in [0.15, 0.2) is 0 Å². The Morgan fingerprint density at radius 2 is 1.57 bits per heavy atom. The summed E-state index contributed by atoms with van der Waals surface area (Å²) in [5, 5.41) is 3.37. The van der Waals surface area contributed by atoms with E-state index >= 15 is 0 Å². The van der Waals surface area contributed by atoms with Crippen molar-refractivity contribution in [2.24, 2.45) is 0 Å². The fourth-order valence-corrected chi connectivity index (χ4v) is 6.02. The summed E-state index contributed by atoms with van der Waals surface area (Å²) in [7, 11) is -4.20. The van der Waals surface area contributed by atoms with E-state index < -0.39 is 34.1 Å². The number of rotatable bonds is 12. The minimum atomic E-state index is -4.20. The van der Waals surface area contributed by atoms with E-state index in [4.69, 9.17) is 16.3 Å². The summed E-state index contributed by atoms with van der Waals surface area (Å²) in [5.41, 5.74) is 1.58. The number of ether oxygens (including phenoxy) is 1. The van der Waals surface area contributed by atoms with Crippen LogP contribution in [0.25, 0.3) is 0 Å². The largest absolute Gasteiger partial charge is 0.494 e. The summed E-state index contributed by atoms with van der Waals surface area (Å²) < 4.78 is 34.6. The van der Waals surface area contributed by atoms with Crippen molar-refractivity contribution in [1.82, 2.24) is 10.2 Å². The van der Waals surface area contributed by atoms with E-state index in [1.54, 1.807) is 24.3 Å². The molecule has 226 valence electrons. The molecule has 8 nitrogen and oxygen atoms in total. The van der Waals surface area contributed by atoms with Gasteiger partial charge in [-0.2, -0.15) is 0 Å². The Labute approximate surface area is 254 Å². The number of nitrogens with zero attached hydrogens (tertiary/aromatic N) is 2. The number of hydrogen-bond acceptors (Lipinski definition) is 5.